The summed E-state index contributed by atoms with van der Waals surface area (Å²) in [5, 5.41) is 0. The maximum atomic E-state index is 2.47. The van der Waals surface area contributed by atoms with Gasteiger partial charge < -0.3 is 0 Å². The van der Waals surface area contributed by atoms with Gasteiger partial charge in [-0.05, 0) is 45.9 Å². The molecule has 0 bridgehead atoms. The van der Waals surface area contributed by atoms with Gasteiger partial charge in [0.05, 0.1) is 0 Å². The lowest BCUT2D eigenvalue weighted by Gasteiger charge is -2.28. The highest BCUT2D eigenvalue weighted by atomic mass is 15.1. The molecule has 0 saturated heterocycles. The normalized spacial score (nSPS) is 12.6. The predicted molar refractivity (Wildman–Crippen MR) is 92.9 cm³/mol. The Kier molecular flexibility index (Phi) is 24.5. The van der Waals surface area contributed by atoms with Crippen molar-refractivity contribution in [2.45, 2.75) is 80.7 Å². The first-order valence-electron chi connectivity index (χ1n) is 8.20. The summed E-state index contributed by atoms with van der Waals surface area (Å²) in [7, 11) is 2.23. The van der Waals surface area contributed by atoms with Gasteiger partial charge in [0, 0.05) is 6.04 Å². The minimum atomic E-state index is 0.594. The van der Waals surface area contributed by atoms with Gasteiger partial charge in [0.15, 0.2) is 0 Å². The molecule has 0 rings (SSSR count). The van der Waals surface area contributed by atoms with Crippen LogP contribution in [0, 0.1) is 0 Å². The molecule has 0 aliphatic carbocycles. The summed E-state index contributed by atoms with van der Waals surface area (Å²) in [5.41, 5.74) is 1.45. The Hall–Kier alpha value is -0.560. The second-order valence-electron chi connectivity index (χ2n) is 4.07. The molecule has 116 valence electrons. The van der Waals surface area contributed by atoms with Crippen molar-refractivity contribution in [3.63, 3.8) is 0 Å². The minimum Gasteiger partial charge on any atom is -0.299 e. The first-order chi connectivity index (χ1) is 9.21. The zero-order valence-electron chi connectivity index (χ0n) is 15.1. The number of hydrogen-bond donors (Lipinski definition) is 0. The molecule has 0 aromatic heterocycles. The third kappa shape index (κ3) is 12.2. The quantitative estimate of drug-likeness (QED) is 0.507. The number of hydrogen-bond acceptors (Lipinski definition) is 1. The van der Waals surface area contributed by atoms with Crippen molar-refractivity contribution in [1.82, 2.24) is 4.90 Å². The van der Waals surface area contributed by atoms with Crippen LogP contribution in [-0.4, -0.2) is 24.5 Å². The fourth-order valence-electron chi connectivity index (χ4n) is 2.02. The van der Waals surface area contributed by atoms with Crippen LogP contribution in [0.5, 0.6) is 0 Å². The fourth-order valence-corrected chi connectivity index (χ4v) is 2.02. The lowest BCUT2D eigenvalue weighted by Crippen LogP contribution is -2.33. The average molecular weight is 270 g/mol. The van der Waals surface area contributed by atoms with Crippen LogP contribution in [0.1, 0.15) is 74.7 Å². The molecular weight excluding hydrogens is 230 g/mol. The van der Waals surface area contributed by atoms with Crippen LogP contribution in [0.3, 0.4) is 0 Å². The van der Waals surface area contributed by atoms with Crippen molar-refractivity contribution in [3.05, 3.63) is 23.8 Å². The van der Waals surface area contributed by atoms with Gasteiger partial charge in [0.1, 0.15) is 0 Å². The molecule has 0 aliphatic rings. The maximum absolute atomic E-state index is 2.47. The SMILES string of the molecule is C/C=C\C(=C/C)C(CCC)N(C)CCC.CC.CC. The Balaban J connectivity index is -0.000000579. The zero-order valence-corrected chi connectivity index (χ0v) is 15.1. The van der Waals surface area contributed by atoms with Gasteiger partial charge in [-0.2, -0.15) is 0 Å². The lowest BCUT2D eigenvalue weighted by molar-refractivity contribution is 0.262. The molecule has 1 atom stereocenters. The molecule has 1 heteroatoms. The van der Waals surface area contributed by atoms with Crippen molar-refractivity contribution in [3.8, 4) is 0 Å². The molecule has 0 saturated carbocycles. The molecule has 0 N–H and O–H groups in total. The summed E-state index contributed by atoms with van der Waals surface area (Å²) in [5.74, 6) is 0. The van der Waals surface area contributed by atoms with Crippen LogP contribution in [-0.2, 0) is 0 Å². The van der Waals surface area contributed by atoms with Gasteiger partial charge in [0.25, 0.3) is 0 Å². The summed E-state index contributed by atoms with van der Waals surface area (Å²) in [6.45, 7) is 17.9. The number of rotatable bonds is 7. The van der Waals surface area contributed by atoms with Crippen LogP contribution in [0.15, 0.2) is 23.8 Å². The van der Waals surface area contributed by atoms with Crippen LogP contribution in [0.4, 0.5) is 0 Å². The monoisotopic (exact) mass is 269 g/mol. The van der Waals surface area contributed by atoms with E-state index >= 15 is 0 Å². The van der Waals surface area contributed by atoms with Crippen LogP contribution in [0.25, 0.3) is 0 Å². The third-order valence-corrected chi connectivity index (χ3v) is 2.75. The molecule has 0 spiro atoms. The number of likely N-dealkylation sites (N-methyl/N-ethyl adjacent to an activating group) is 1. The molecule has 0 heterocycles. The second-order valence-corrected chi connectivity index (χ2v) is 4.07. The van der Waals surface area contributed by atoms with Gasteiger partial charge in [-0.15, -0.1) is 0 Å². The Morgan fingerprint density at radius 1 is 1.00 bits per heavy atom. The van der Waals surface area contributed by atoms with Crippen molar-refractivity contribution in [2.24, 2.45) is 0 Å². The summed E-state index contributed by atoms with van der Waals surface area (Å²) in [6.07, 6.45) is 10.3. The summed E-state index contributed by atoms with van der Waals surface area (Å²) >= 11 is 0. The summed E-state index contributed by atoms with van der Waals surface area (Å²) < 4.78 is 0. The predicted octanol–water partition coefficient (Wildman–Crippen LogP) is 6.07. The fraction of sp³-hybridized carbons (Fsp3) is 0.778. The van der Waals surface area contributed by atoms with E-state index in [4.69, 9.17) is 0 Å². The zero-order chi connectivity index (χ0) is 15.7. The van der Waals surface area contributed by atoms with Gasteiger partial charge in [0.2, 0.25) is 0 Å². The van der Waals surface area contributed by atoms with E-state index in [2.05, 4.69) is 57.9 Å². The molecule has 1 unspecified atom stereocenters. The Morgan fingerprint density at radius 2 is 1.53 bits per heavy atom. The highest BCUT2D eigenvalue weighted by Crippen LogP contribution is 2.16. The second kappa shape index (κ2) is 19.8. The van der Waals surface area contributed by atoms with Gasteiger partial charge in [-0.3, -0.25) is 4.90 Å². The highest BCUT2D eigenvalue weighted by Gasteiger charge is 2.15. The molecule has 1 nitrogen and oxygen atoms in total. The standard InChI is InChI=1S/C14H27N.2C2H6/c1-6-10-13(9-4)14(11-7-2)15(5)12-8-3;2*1-2/h6,9-10,14H,7-8,11-12H2,1-5H3;2*1-2H3/b10-6-,13-9+;;. The highest BCUT2D eigenvalue weighted by molar-refractivity contribution is 5.23. The molecule has 0 aliphatic heterocycles. The van der Waals surface area contributed by atoms with E-state index < -0.39 is 0 Å². The topological polar surface area (TPSA) is 3.24 Å². The number of allylic oxidation sites excluding steroid dienone is 2. The van der Waals surface area contributed by atoms with Gasteiger partial charge in [-0.25, -0.2) is 0 Å². The maximum Gasteiger partial charge on any atom is 0.0341 e. The van der Waals surface area contributed by atoms with Crippen molar-refractivity contribution in [1.29, 1.82) is 0 Å². The molecule has 0 radical (unpaired) electrons. The smallest absolute Gasteiger partial charge is 0.0341 e. The molecule has 0 aromatic carbocycles. The van der Waals surface area contributed by atoms with Crippen molar-refractivity contribution >= 4 is 0 Å². The van der Waals surface area contributed by atoms with E-state index in [1.54, 1.807) is 0 Å². The Bertz CT molecular complexity index is 204. The van der Waals surface area contributed by atoms with Crippen LogP contribution >= 0.6 is 0 Å². The summed E-state index contributed by atoms with van der Waals surface area (Å²) in [4.78, 5) is 2.47. The minimum absolute atomic E-state index is 0.594. The Labute approximate surface area is 123 Å². The molecule has 0 fully saturated rings. The van der Waals surface area contributed by atoms with Crippen LogP contribution < -0.4 is 0 Å². The average Bonchev–Trinajstić information content (AvgIpc) is 2.47. The molecule has 19 heavy (non-hydrogen) atoms. The first kappa shape index (κ1) is 23.5. The largest absolute Gasteiger partial charge is 0.299 e. The van der Waals surface area contributed by atoms with Crippen molar-refractivity contribution < 1.29 is 0 Å². The van der Waals surface area contributed by atoms with Gasteiger partial charge >= 0.3 is 0 Å². The first-order valence-corrected chi connectivity index (χ1v) is 8.20. The van der Waals surface area contributed by atoms with E-state index in [0.29, 0.717) is 6.04 Å². The number of nitrogens with zero attached hydrogens (tertiary/aromatic N) is 1. The van der Waals surface area contributed by atoms with E-state index in [-0.39, 0.29) is 0 Å². The Morgan fingerprint density at radius 3 is 1.84 bits per heavy atom. The summed E-state index contributed by atoms with van der Waals surface area (Å²) in [6, 6.07) is 0.594. The van der Waals surface area contributed by atoms with E-state index in [1.807, 2.05) is 27.7 Å². The molecular formula is C18H39N. The van der Waals surface area contributed by atoms with E-state index in [0.717, 1.165) is 0 Å². The molecule has 0 aromatic rings. The lowest BCUT2D eigenvalue weighted by atomic mass is 10.00. The van der Waals surface area contributed by atoms with E-state index in [9.17, 15) is 0 Å². The molecule has 0 amide bonds. The van der Waals surface area contributed by atoms with E-state index in [1.165, 1.54) is 31.4 Å². The van der Waals surface area contributed by atoms with Gasteiger partial charge in [-0.1, -0.05) is 66.2 Å². The van der Waals surface area contributed by atoms with Crippen molar-refractivity contribution in [2.75, 3.05) is 13.6 Å². The third-order valence-electron chi connectivity index (χ3n) is 2.75. The van der Waals surface area contributed by atoms with Crippen LogP contribution in [0.2, 0.25) is 0 Å².